The van der Waals surface area contributed by atoms with Gasteiger partial charge in [-0.05, 0) is 36.1 Å². The van der Waals surface area contributed by atoms with Gasteiger partial charge in [-0.2, -0.15) is 0 Å². The number of carbonyl (C=O) groups is 1. The molecule has 4 aromatic rings. The van der Waals surface area contributed by atoms with Gasteiger partial charge in [-0.1, -0.05) is 78.9 Å². The van der Waals surface area contributed by atoms with Gasteiger partial charge in [-0.3, -0.25) is 4.79 Å². The fourth-order valence-electron chi connectivity index (χ4n) is 4.77. The Morgan fingerprint density at radius 3 is 2.18 bits per heavy atom. The standard InChI is InChI=1S/C30H31N3O4S/c34-29(26-15-8-3-9-16-26)32(22-28-17-10-18-37-28)21-27-19-31-30(33(27)20-24-11-4-1-5-12-24)38(35,36)23-25-13-6-2-7-14-25/h1-9,11-16,19,28H,10,17-18,20-23H2. The minimum absolute atomic E-state index is 0.00410. The fourth-order valence-corrected chi connectivity index (χ4v) is 6.26. The minimum Gasteiger partial charge on any atom is -0.376 e. The maximum absolute atomic E-state index is 13.6. The van der Waals surface area contributed by atoms with Crippen LogP contribution in [0.15, 0.2) is 102 Å². The zero-order chi connectivity index (χ0) is 26.4. The summed E-state index contributed by atoms with van der Waals surface area (Å²) in [6.45, 7) is 1.66. The molecule has 1 saturated heterocycles. The Kier molecular flexibility index (Phi) is 8.00. The second-order valence-corrected chi connectivity index (χ2v) is 11.4. The van der Waals surface area contributed by atoms with E-state index in [2.05, 4.69) is 4.98 Å². The van der Waals surface area contributed by atoms with Crippen LogP contribution >= 0.6 is 0 Å². The molecule has 1 aliphatic rings. The number of ether oxygens (including phenoxy) is 1. The van der Waals surface area contributed by atoms with E-state index < -0.39 is 9.84 Å². The smallest absolute Gasteiger partial charge is 0.254 e. The van der Waals surface area contributed by atoms with Gasteiger partial charge in [0.1, 0.15) is 0 Å². The molecule has 1 fully saturated rings. The number of benzene rings is 3. The number of carbonyl (C=O) groups excluding carboxylic acids is 1. The van der Waals surface area contributed by atoms with Crippen LogP contribution in [0.25, 0.3) is 0 Å². The third-order valence-corrected chi connectivity index (χ3v) is 8.27. The van der Waals surface area contributed by atoms with Crippen LogP contribution in [0, 0.1) is 0 Å². The van der Waals surface area contributed by atoms with E-state index in [9.17, 15) is 13.2 Å². The first-order valence-corrected chi connectivity index (χ1v) is 14.5. The van der Waals surface area contributed by atoms with Crippen molar-refractivity contribution < 1.29 is 17.9 Å². The lowest BCUT2D eigenvalue weighted by atomic mass is 10.1. The molecule has 0 N–H and O–H groups in total. The van der Waals surface area contributed by atoms with E-state index in [-0.39, 0.29) is 29.5 Å². The van der Waals surface area contributed by atoms with Gasteiger partial charge in [-0.15, -0.1) is 0 Å². The predicted octanol–water partition coefficient (Wildman–Crippen LogP) is 4.73. The molecule has 5 rings (SSSR count). The van der Waals surface area contributed by atoms with Crippen molar-refractivity contribution in [2.45, 2.75) is 42.9 Å². The SMILES string of the molecule is O=C(c1ccccc1)N(Cc1cnc(S(=O)(=O)Cc2ccccc2)n1Cc1ccccc1)CC1CCCO1. The number of rotatable bonds is 10. The topological polar surface area (TPSA) is 81.5 Å². The molecule has 1 amide bonds. The largest absolute Gasteiger partial charge is 0.376 e. The Hall–Kier alpha value is -3.75. The van der Waals surface area contributed by atoms with Crippen LogP contribution < -0.4 is 0 Å². The Morgan fingerprint density at radius 1 is 0.921 bits per heavy atom. The van der Waals surface area contributed by atoms with Crippen LogP contribution in [0.2, 0.25) is 0 Å². The van der Waals surface area contributed by atoms with Crippen molar-refractivity contribution >= 4 is 15.7 Å². The first-order chi connectivity index (χ1) is 18.5. The van der Waals surface area contributed by atoms with E-state index in [0.29, 0.717) is 36.5 Å². The average Bonchev–Trinajstić information content (AvgIpc) is 3.60. The maximum Gasteiger partial charge on any atom is 0.254 e. The van der Waals surface area contributed by atoms with Crippen molar-refractivity contribution in [2.24, 2.45) is 0 Å². The van der Waals surface area contributed by atoms with Crippen molar-refractivity contribution in [3.8, 4) is 0 Å². The molecule has 38 heavy (non-hydrogen) atoms. The summed E-state index contributed by atoms with van der Waals surface area (Å²) in [5.41, 5.74) is 2.88. The fraction of sp³-hybridized carbons (Fsp3) is 0.267. The highest BCUT2D eigenvalue weighted by Gasteiger charge is 2.28. The predicted molar refractivity (Wildman–Crippen MR) is 145 cm³/mol. The monoisotopic (exact) mass is 529 g/mol. The summed E-state index contributed by atoms with van der Waals surface area (Å²) in [4.78, 5) is 19.7. The van der Waals surface area contributed by atoms with E-state index in [1.807, 2.05) is 66.7 Å². The van der Waals surface area contributed by atoms with Gasteiger partial charge in [0.25, 0.3) is 5.91 Å². The Labute approximate surface area is 223 Å². The molecule has 0 radical (unpaired) electrons. The highest BCUT2D eigenvalue weighted by atomic mass is 32.2. The Morgan fingerprint density at radius 2 is 1.55 bits per heavy atom. The summed E-state index contributed by atoms with van der Waals surface area (Å²) in [5.74, 6) is -0.274. The first-order valence-electron chi connectivity index (χ1n) is 12.8. The van der Waals surface area contributed by atoms with Crippen molar-refractivity contribution in [1.29, 1.82) is 0 Å². The molecule has 1 aliphatic heterocycles. The summed E-state index contributed by atoms with van der Waals surface area (Å²) >= 11 is 0. The van der Waals surface area contributed by atoms with E-state index in [1.54, 1.807) is 39.9 Å². The van der Waals surface area contributed by atoms with Crippen LogP contribution in [-0.4, -0.2) is 48.0 Å². The van der Waals surface area contributed by atoms with Crippen LogP contribution in [-0.2, 0) is 33.4 Å². The Balaban J connectivity index is 1.50. The van der Waals surface area contributed by atoms with Crippen molar-refractivity contribution in [3.63, 3.8) is 0 Å². The van der Waals surface area contributed by atoms with Gasteiger partial charge in [0.05, 0.1) is 36.8 Å². The van der Waals surface area contributed by atoms with Crippen LogP contribution in [0.1, 0.15) is 40.0 Å². The molecule has 0 aliphatic carbocycles. The third kappa shape index (κ3) is 6.20. The summed E-state index contributed by atoms with van der Waals surface area (Å²) in [7, 11) is -3.75. The third-order valence-electron chi connectivity index (χ3n) is 6.67. The van der Waals surface area contributed by atoms with Gasteiger partial charge in [0.15, 0.2) is 0 Å². The van der Waals surface area contributed by atoms with Crippen molar-refractivity contribution in [3.05, 3.63) is 120 Å². The number of amides is 1. The molecule has 0 saturated carbocycles. The molecular weight excluding hydrogens is 498 g/mol. The zero-order valence-corrected chi connectivity index (χ0v) is 22.0. The van der Waals surface area contributed by atoms with E-state index in [1.165, 1.54) is 0 Å². The van der Waals surface area contributed by atoms with Gasteiger partial charge < -0.3 is 14.2 Å². The van der Waals surface area contributed by atoms with E-state index in [0.717, 1.165) is 18.4 Å². The lowest BCUT2D eigenvalue weighted by molar-refractivity contribution is 0.0501. The summed E-state index contributed by atoms with van der Waals surface area (Å²) in [5, 5.41) is 0.00410. The molecule has 7 nitrogen and oxygen atoms in total. The van der Waals surface area contributed by atoms with Crippen molar-refractivity contribution in [1.82, 2.24) is 14.5 Å². The Bertz CT molecular complexity index is 1450. The quantitative estimate of drug-likeness (QED) is 0.297. The highest BCUT2D eigenvalue weighted by molar-refractivity contribution is 7.90. The number of sulfone groups is 1. The normalized spacial score (nSPS) is 15.4. The van der Waals surface area contributed by atoms with E-state index in [4.69, 9.17) is 4.74 Å². The lowest BCUT2D eigenvalue weighted by Gasteiger charge is -2.26. The maximum atomic E-state index is 13.6. The molecule has 1 unspecified atom stereocenters. The highest BCUT2D eigenvalue weighted by Crippen LogP contribution is 2.22. The summed E-state index contributed by atoms with van der Waals surface area (Å²) in [6, 6.07) is 27.9. The number of aromatic nitrogens is 2. The average molecular weight is 530 g/mol. The number of imidazole rings is 1. The zero-order valence-electron chi connectivity index (χ0n) is 21.1. The van der Waals surface area contributed by atoms with Gasteiger partial charge >= 0.3 is 0 Å². The van der Waals surface area contributed by atoms with Crippen LogP contribution in [0.3, 0.4) is 0 Å². The second-order valence-electron chi connectivity index (χ2n) is 9.54. The van der Waals surface area contributed by atoms with Crippen molar-refractivity contribution in [2.75, 3.05) is 13.2 Å². The lowest BCUT2D eigenvalue weighted by Crippen LogP contribution is -2.37. The summed E-state index contributed by atoms with van der Waals surface area (Å²) < 4.78 is 34.7. The second kappa shape index (κ2) is 11.8. The molecule has 8 heteroatoms. The van der Waals surface area contributed by atoms with E-state index >= 15 is 0 Å². The molecular formula is C30H31N3O4S. The molecule has 196 valence electrons. The molecule has 3 aromatic carbocycles. The molecule has 2 heterocycles. The molecule has 0 spiro atoms. The number of nitrogens with zero attached hydrogens (tertiary/aromatic N) is 3. The van der Waals surface area contributed by atoms with Crippen LogP contribution in [0.4, 0.5) is 0 Å². The van der Waals surface area contributed by atoms with Gasteiger partial charge in [0.2, 0.25) is 15.0 Å². The minimum atomic E-state index is -3.75. The molecule has 1 aromatic heterocycles. The molecule has 1 atom stereocenters. The number of hydrogen-bond acceptors (Lipinski definition) is 5. The molecule has 0 bridgehead atoms. The van der Waals surface area contributed by atoms with Gasteiger partial charge in [-0.25, -0.2) is 13.4 Å². The van der Waals surface area contributed by atoms with Crippen LogP contribution in [0.5, 0.6) is 0 Å². The number of hydrogen-bond donors (Lipinski definition) is 0. The summed E-state index contributed by atoms with van der Waals surface area (Å²) in [6.07, 6.45) is 3.39. The van der Waals surface area contributed by atoms with Gasteiger partial charge in [0, 0.05) is 18.7 Å². The first kappa shape index (κ1) is 25.9.